The van der Waals surface area contributed by atoms with Crippen LogP contribution in [0.2, 0.25) is 0 Å². The molecule has 0 amide bonds. The number of carbonyl (C=O) groups is 1. The second-order valence-electron chi connectivity index (χ2n) is 3.82. The van der Waals surface area contributed by atoms with Crippen molar-refractivity contribution in [1.82, 2.24) is 4.98 Å². The first-order chi connectivity index (χ1) is 7.74. The molecule has 0 spiro atoms. The summed E-state index contributed by atoms with van der Waals surface area (Å²) in [4.78, 5) is 14.3. The highest BCUT2D eigenvalue weighted by Crippen LogP contribution is 2.34. The molecule has 0 saturated carbocycles. The molecule has 0 unspecified atom stereocenters. The zero-order chi connectivity index (χ0) is 11.1. The molecule has 0 radical (unpaired) electrons. The summed E-state index contributed by atoms with van der Waals surface area (Å²) in [5.74, 6) is 1.50. The van der Waals surface area contributed by atoms with Crippen molar-refractivity contribution in [2.24, 2.45) is 0 Å². The Bertz CT molecular complexity index is 528. The maximum absolute atomic E-state index is 11.2. The average molecular weight is 217 g/mol. The minimum absolute atomic E-state index is 0.0241. The lowest BCUT2D eigenvalue weighted by Crippen LogP contribution is -2.15. The molecule has 0 saturated heterocycles. The van der Waals surface area contributed by atoms with Crippen LogP contribution in [0.25, 0.3) is 10.9 Å². The minimum Gasteiger partial charge on any atom is -0.486 e. The molecule has 4 nitrogen and oxygen atoms in total. The van der Waals surface area contributed by atoms with Crippen LogP contribution in [0.5, 0.6) is 11.5 Å². The predicted molar refractivity (Wildman–Crippen MR) is 59.3 cm³/mol. The monoisotopic (exact) mass is 217 g/mol. The third-order valence-electron chi connectivity index (χ3n) is 2.66. The third-order valence-corrected chi connectivity index (χ3v) is 2.66. The van der Waals surface area contributed by atoms with Crippen molar-refractivity contribution in [1.29, 1.82) is 0 Å². The second-order valence-corrected chi connectivity index (χ2v) is 3.82. The van der Waals surface area contributed by atoms with Crippen LogP contribution in [-0.2, 0) is 0 Å². The first kappa shape index (κ1) is 9.27. The molecule has 0 bridgehead atoms. The molecule has 1 aliphatic heterocycles. The van der Waals surface area contributed by atoms with Crippen LogP contribution in [0.1, 0.15) is 17.4 Å². The number of ether oxygens (including phenoxy) is 2. The van der Waals surface area contributed by atoms with E-state index >= 15 is 0 Å². The van der Waals surface area contributed by atoms with E-state index in [-0.39, 0.29) is 5.78 Å². The average Bonchev–Trinajstić information content (AvgIpc) is 2.68. The van der Waals surface area contributed by atoms with Gasteiger partial charge in [-0.15, -0.1) is 0 Å². The molecule has 0 atom stereocenters. The van der Waals surface area contributed by atoms with Gasteiger partial charge in [-0.05, 0) is 12.1 Å². The number of carbonyl (C=O) groups excluding carboxylic acids is 1. The molecule has 3 rings (SSSR count). The summed E-state index contributed by atoms with van der Waals surface area (Å²) in [6.45, 7) is 2.68. The standard InChI is InChI=1S/C12H11NO3/c1-7(14)9-4-8-5-11-12(6-10(8)13-9)16-3-2-15-11/h4-6,13H,2-3H2,1H3. The molecule has 0 aliphatic carbocycles. The topological polar surface area (TPSA) is 51.3 Å². The first-order valence-corrected chi connectivity index (χ1v) is 5.17. The van der Waals surface area contributed by atoms with Crippen LogP contribution in [0, 0.1) is 0 Å². The number of hydrogen-bond donors (Lipinski definition) is 1. The molecule has 1 N–H and O–H groups in total. The Kier molecular flexibility index (Phi) is 1.89. The van der Waals surface area contributed by atoms with Gasteiger partial charge in [-0.25, -0.2) is 0 Å². The van der Waals surface area contributed by atoms with Crippen LogP contribution in [-0.4, -0.2) is 24.0 Å². The van der Waals surface area contributed by atoms with Gasteiger partial charge in [-0.2, -0.15) is 0 Å². The molecule has 1 aliphatic rings. The van der Waals surface area contributed by atoms with Crippen molar-refractivity contribution in [3.63, 3.8) is 0 Å². The summed E-state index contributed by atoms with van der Waals surface area (Å²) in [6, 6.07) is 5.60. The molecule has 82 valence electrons. The fraction of sp³-hybridized carbons (Fsp3) is 0.250. The molecule has 4 heteroatoms. The number of hydrogen-bond acceptors (Lipinski definition) is 3. The second kappa shape index (κ2) is 3.27. The van der Waals surface area contributed by atoms with Crippen LogP contribution in [0.4, 0.5) is 0 Å². The van der Waals surface area contributed by atoms with Crippen molar-refractivity contribution in [3.8, 4) is 11.5 Å². The lowest BCUT2D eigenvalue weighted by atomic mass is 10.2. The van der Waals surface area contributed by atoms with Crippen molar-refractivity contribution in [3.05, 3.63) is 23.9 Å². The molecule has 2 aromatic rings. The van der Waals surface area contributed by atoms with Crippen LogP contribution >= 0.6 is 0 Å². The Morgan fingerprint density at radius 2 is 1.88 bits per heavy atom. The van der Waals surface area contributed by atoms with E-state index < -0.39 is 0 Å². The highest BCUT2D eigenvalue weighted by atomic mass is 16.6. The molecule has 2 heterocycles. The predicted octanol–water partition coefficient (Wildman–Crippen LogP) is 2.14. The zero-order valence-corrected chi connectivity index (χ0v) is 8.87. The van der Waals surface area contributed by atoms with E-state index in [1.807, 2.05) is 18.2 Å². The van der Waals surface area contributed by atoms with E-state index in [0.717, 1.165) is 22.4 Å². The van der Waals surface area contributed by atoms with E-state index in [2.05, 4.69) is 4.98 Å². The first-order valence-electron chi connectivity index (χ1n) is 5.17. The van der Waals surface area contributed by atoms with E-state index in [4.69, 9.17) is 9.47 Å². The van der Waals surface area contributed by atoms with Gasteiger partial charge in [0, 0.05) is 23.9 Å². The van der Waals surface area contributed by atoms with Crippen molar-refractivity contribution >= 4 is 16.7 Å². The number of ketones is 1. The summed E-state index contributed by atoms with van der Waals surface area (Å²) >= 11 is 0. The fourth-order valence-electron chi connectivity index (χ4n) is 1.86. The Morgan fingerprint density at radius 3 is 2.56 bits per heavy atom. The van der Waals surface area contributed by atoms with Crippen molar-refractivity contribution < 1.29 is 14.3 Å². The molecule has 1 aromatic heterocycles. The number of aromatic amines is 1. The lowest BCUT2D eigenvalue weighted by molar-refractivity contribution is 0.101. The normalized spacial score (nSPS) is 14.1. The van der Waals surface area contributed by atoms with E-state index in [9.17, 15) is 4.79 Å². The highest BCUT2D eigenvalue weighted by Gasteiger charge is 2.14. The summed E-state index contributed by atoms with van der Waals surface area (Å²) in [7, 11) is 0. The van der Waals surface area contributed by atoms with E-state index in [0.29, 0.717) is 18.9 Å². The summed E-state index contributed by atoms with van der Waals surface area (Å²) in [6.07, 6.45) is 0. The van der Waals surface area contributed by atoms with Gasteiger partial charge in [0.05, 0.1) is 5.69 Å². The highest BCUT2D eigenvalue weighted by molar-refractivity contribution is 5.98. The largest absolute Gasteiger partial charge is 0.486 e. The van der Waals surface area contributed by atoms with Crippen LogP contribution in [0.3, 0.4) is 0 Å². The van der Waals surface area contributed by atoms with Gasteiger partial charge >= 0.3 is 0 Å². The number of Topliss-reactive ketones (excluding diaryl/α,β-unsaturated/α-hetero) is 1. The number of fused-ring (bicyclic) bond motifs is 2. The molecule has 1 aromatic carbocycles. The number of aromatic nitrogens is 1. The summed E-state index contributed by atoms with van der Waals surface area (Å²) < 4.78 is 10.9. The third kappa shape index (κ3) is 1.34. The number of rotatable bonds is 1. The smallest absolute Gasteiger partial charge is 0.175 e. The van der Waals surface area contributed by atoms with Crippen molar-refractivity contribution in [2.75, 3.05) is 13.2 Å². The zero-order valence-electron chi connectivity index (χ0n) is 8.87. The molecule has 16 heavy (non-hydrogen) atoms. The fourth-order valence-corrected chi connectivity index (χ4v) is 1.86. The van der Waals surface area contributed by atoms with Gasteiger partial charge in [0.2, 0.25) is 0 Å². The summed E-state index contributed by atoms with van der Waals surface area (Å²) in [5, 5.41) is 0.967. The van der Waals surface area contributed by atoms with Gasteiger partial charge in [-0.3, -0.25) is 4.79 Å². The maximum Gasteiger partial charge on any atom is 0.175 e. The van der Waals surface area contributed by atoms with Crippen molar-refractivity contribution in [2.45, 2.75) is 6.92 Å². The SMILES string of the molecule is CC(=O)c1cc2cc3c(cc2[nH]1)OCCO3. The number of benzene rings is 1. The number of nitrogens with one attached hydrogen (secondary N) is 1. The van der Waals surface area contributed by atoms with Gasteiger partial charge in [0.15, 0.2) is 17.3 Å². The van der Waals surface area contributed by atoms with Crippen LogP contribution in [0.15, 0.2) is 18.2 Å². The minimum atomic E-state index is 0.0241. The molecular weight excluding hydrogens is 206 g/mol. The summed E-state index contributed by atoms with van der Waals surface area (Å²) in [5.41, 5.74) is 1.51. The van der Waals surface area contributed by atoms with E-state index in [1.165, 1.54) is 6.92 Å². The Labute approximate surface area is 92.2 Å². The van der Waals surface area contributed by atoms with E-state index in [1.54, 1.807) is 0 Å². The quantitative estimate of drug-likeness (QED) is 0.744. The van der Waals surface area contributed by atoms with Gasteiger partial charge < -0.3 is 14.5 Å². The maximum atomic E-state index is 11.2. The molecule has 0 fully saturated rings. The number of H-pyrrole nitrogens is 1. The lowest BCUT2D eigenvalue weighted by Gasteiger charge is -2.17. The van der Waals surface area contributed by atoms with Gasteiger partial charge in [-0.1, -0.05) is 0 Å². The van der Waals surface area contributed by atoms with Gasteiger partial charge in [0.1, 0.15) is 13.2 Å². The molecular formula is C12H11NO3. The van der Waals surface area contributed by atoms with Gasteiger partial charge in [0.25, 0.3) is 0 Å². The Morgan fingerprint density at radius 1 is 1.19 bits per heavy atom. The van der Waals surface area contributed by atoms with Crippen LogP contribution < -0.4 is 9.47 Å². The Balaban J connectivity index is 2.20. The Hall–Kier alpha value is -1.97.